The van der Waals surface area contributed by atoms with Gasteiger partial charge in [0.25, 0.3) is 0 Å². The minimum absolute atomic E-state index is 0.230. The lowest BCUT2D eigenvalue weighted by atomic mass is 9.76. The highest BCUT2D eigenvalue weighted by atomic mass is 16.5. The molecule has 1 aromatic heterocycles. The van der Waals surface area contributed by atoms with Crippen LogP contribution in [0.15, 0.2) is 54.6 Å². The minimum Gasteiger partial charge on any atom is -0.497 e. The molecule has 0 unspecified atom stereocenters. The first kappa shape index (κ1) is 18.6. The average molecular weight is 377 g/mol. The number of hydrogen-bond acceptors (Lipinski definition) is 5. The van der Waals surface area contributed by atoms with Crippen LogP contribution >= 0.6 is 0 Å². The first-order valence-corrected chi connectivity index (χ1v) is 9.92. The van der Waals surface area contributed by atoms with E-state index in [1.54, 1.807) is 7.11 Å². The zero-order valence-electron chi connectivity index (χ0n) is 16.5. The highest BCUT2D eigenvalue weighted by molar-refractivity contribution is 5.37. The summed E-state index contributed by atoms with van der Waals surface area (Å²) >= 11 is 0. The van der Waals surface area contributed by atoms with Gasteiger partial charge in [0, 0.05) is 6.54 Å². The van der Waals surface area contributed by atoms with E-state index in [1.807, 2.05) is 35.0 Å². The smallest absolute Gasteiger partial charge is 0.176 e. The summed E-state index contributed by atoms with van der Waals surface area (Å²) in [5, 5.41) is 16.6. The van der Waals surface area contributed by atoms with Gasteiger partial charge in [-0.1, -0.05) is 37.3 Å². The maximum absolute atomic E-state index is 5.28. The molecule has 4 rings (SSSR count). The van der Waals surface area contributed by atoms with E-state index in [-0.39, 0.29) is 5.54 Å². The van der Waals surface area contributed by atoms with Crippen LogP contribution in [0.4, 0.5) is 0 Å². The lowest BCUT2D eigenvalue weighted by Crippen LogP contribution is -2.46. The van der Waals surface area contributed by atoms with Crippen molar-refractivity contribution in [1.29, 1.82) is 0 Å². The number of nitrogens with one attached hydrogen (secondary N) is 1. The van der Waals surface area contributed by atoms with Crippen molar-refractivity contribution < 1.29 is 4.74 Å². The fraction of sp³-hybridized carbons (Fsp3) is 0.409. The number of hydrogen-bond donors (Lipinski definition) is 1. The third-order valence-electron chi connectivity index (χ3n) is 5.82. The SMILES string of the molecule is COc1ccc(-n2nnnc2C2(NCc3ccccc3)CCC(C)CC2)cc1. The van der Waals surface area contributed by atoms with Crippen molar-refractivity contribution in [1.82, 2.24) is 25.5 Å². The predicted molar refractivity (Wildman–Crippen MR) is 108 cm³/mol. The summed E-state index contributed by atoms with van der Waals surface area (Å²) in [7, 11) is 1.67. The molecule has 0 radical (unpaired) electrons. The van der Waals surface area contributed by atoms with Crippen molar-refractivity contribution in [3.8, 4) is 11.4 Å². The van der Waals surface area contributed by atoms with Crippen molar-refractivity contribution in [2.45, 2.75) is 44.7 Å². The Labute approximate surface area is 165 Å². The van der Waals surface area contributed by atoms with Crippen LogP contribution in [0.2, 0.25) is 0 Å². The lowest BCUT2D eigenvalue weighted by molar-refractivity contribution is 0.180. The normalized spacial score (nSPS) is 22.1. The molecule has 1 aliphatic rings. The summed E-state index contributed by atoms with van der Waals surface area (Å²) in [6.07, 6.45) is 4.38. The Morgan fingerprint density at radius 1 is 1.07 bits per heavy atom. The monoisotopic (exact) mass is 377 g/mol. The van der Waals surface area contributed by atoms with Gasteiger partial charge in [0.05, 0.1) is 18.3 Å². The van der Waals surface area contributed by atoms with Crippen LogP contribution in [-0.2, 0) is 12.1 Å². The van der Waals surface area contributed by atoms with Crippen molar-refractivity contribution in [3.05, 3.63) is 66.0 Å². The molecule has 146 valence electrons. The maximum Gasteiger partial charge on any atom is 0.176 e. The van der Waals surface area contributed by atoms with E-state index in [4.69, 9.17) is 4.74 Å². The van der Waals surface area contributed by atoms with Gasteiger partial charge in [0.15, 0.2) is 5.82 Å². The Morgan fingerprint density at radius 2 is 1.79 bits per heavy atom. The van der Waals surface area contributed by atoms with E-state index in [0.29, 0.717) is 0 Å². The van der Waals surface area contributed by atoms with E-state index >= 15 is 0 Å². The molecule has 0 aliphatic heterocycles. The summed E-state index contributed by atoms with van der Waals surface area (Å²) in [5.74, 6) is 2.44. The minimum atomic E-state index is -0.230. The Balaban J connectivity index is 1.66. The van der Waals surface area contributed by atoms with Gasteiger partial charge in [-0.25, -0.2) is 0 Å². The van der Waals surface area contributed by atoms with E-state index in [0.717, 1.165) is 55.4 Å². The molecule has 1 N–H and O–H groups in total. The average Bonchev–Trinajstić information content (AvgIpc) is 3.25. The molecule has 6 heteroatoms. The number of aromatic nitrogens is 4. The molecule has 0 atom stereocenters. The van der Waals surface area contributed by atoms with Crippen LogP contribution in [0.3, 0.4) is 0 Å². The number of nitrogens with zero attached hydrogens (tertiary/aromatic N) is 4. The predicted octanol–water partition coefficient (Wildman–Crippen LogP) is 3.87. The standard InChI is InChI=1S/C22H27N5O/c1-17-12-14-22(15-13-17,23-16-18-6-4-3-5-7-18)21-24-25-26-27(21)19-8-10-20(28-2)11-9-19/h3-11,17,23H,12-16H2,1-2H3. The Bertz CT molecular complexity index is 883. The summed E-state index contributed by atoms with van der Waals surface area (Å²) in [6, 6.07) is 18.4. The lowest BCUT2D eigenvalue weighted by Gasteiger charge is -2.39. The third-order valence-corrected chi connectivity index (χ3v) is 5.82. The highest BCUT2D eigenvalue weighted by Crippen LogP contribution is 2.39. The molecule has 1 saturated carbocycles. The molecule has 1 heterocycles. The second kappa shape index (κ2) is 8.10. The quantitative estimate of drug-likeness (QED) is 0.706. The van der Waals surface area contributed by atoms with Crippen LogP contribution in [0.5, 0.6) is 5.75 Å². The Morgan fingerprint density at radius 3 is 2.46 bits per heavy atom. The van der Waals surface area contributed by atoms with Gasteiger partial charge in [0.1, 0.15) is 5.75 Å². The largest absolute Gasteiger partial charge is 0.497 e. The number of rotatable bonds is 6. The van der Waals surface area contributed by atoms with Crippen molar-refractivity contribution in [3.63, 3.8) is 0 Å². The molecular weight excluding hydrogens is 350 g/mol. The van der Waals surface area contributed by atoms with Crippen molar-refractivity contribution >= 4 is 0 Å². The molecule has 0 saturated heterocycles. The van der Waals surface area contributed by atoms with Gasteiger partial charge in [-0.2, -0.15) is 4.68 Å². The number of methoxy groups -OCH3 is 1. The second-order valence-corrected chi connectivity index (χ2v) is 7.72. The molecule has 1 aliphatic carbocycles. The van der Waals surface area contributed by atoms with Crippen LogP contribution in [0, 0.1) is 5.92 Å². The zero-order chi connectivity index (χ0) is 19.4. The number of ether oxygens (including phenoxy) is 1. The summed E-state index contributed by atoms with van der Waals surface area (Å²) in [5.41, 5.74) is 1.98. The van der Waals surface area contributed by atoms with Gasteiger partial charge >= 0.3 is 0 Å². The van der Waals surface area contributed by atoms with Crippen LogP contribution in [0.1, 0.15) is 44.0 Å². The molecule has 3 aromatic rings. The van der Waals surface area contributed by atoms with E-state index in [9.17, 15) is 0 Å². The van der Waals surface area contributed by atoms with Crippen LogP contribution < -0.4 is 10.1 Å². The van der Waals surface area contributed by atoms with E-state index in [2.05, 4.69) is 52.0 Å². The van der Waals surface area contributed by atoms with Crippen LogP contribution in [-0.4, -0.2) is 27.3 Å². The van der Waals surface area contributed by atoms with Gasteiger partial charge in [-0.05, 0) is 71.9 Å². The highest BCUT2D eigenvalue weighted by Gasteiger charge is 2.40. The van der Waals surface area contributed by atoms with Crippen molar-refractivity contribution in [2.75, 3.05) is 7.11 Å². The van der Waals surface area contributed by atoms with Crippen molar-refractivity contribution in [2.24, 2.45) is 5.92 Å². The van der Waals surface area contributed by atoms with Gasteiger partial charge in [-0.3, -0.25) is 0 Å². The fourth-order valence-corrected chi connectivity index (χ4v) is 3.98. The first-order chi connectivity index (χ1) is 13.7. The molecule has 28 heavy (non-hydrogen) atoms. The molecular formula is C22H27N5O. The number of tetrazole rings is 1. The molecule has 0 spiro atoms. The van der Waals surface area contributed by atoms with Gasteiger partial charge < -0.3 is 10.1 Å². The van der Waals surface area contributed by atoms with Gasteiger partial charge in [-0.15, -0.1) is 5.10 Å². The molecule has 2 aromatic carbocycles. The third kappa shape index (κ3) is 3.78. The fourth-order valence-electron chi connectivity index (χ4n) is 3.98. The molecule has 0 amide bonds. The molecule has 0 bridgehead atoms. The molecule has 1 fully saturated rings. The van der Waals surface area contributed by atoms with E-state index < -0.39 is 0 Å². The van der Waals surface area contributed by atoms with Crippen LogP contribution in [0.25, 0.3) is 5.69 Å². The number of benzene rings is 2. The summed E-state index contributed by atoms with van der Waals surface area (Å²) < 4.78 is 7.15. The van der Waals surface area contributed by atoms with E-state index in [1.165, 1.54) is 5.56 Å². The second-order valence-electron chi connectivity index (χ2n) is 7.72. The zero-order valence-corrected chi connectivity index (χ0v) is 16.5. The summed E-state index contributed by atoms with van der Waals surface area (Å²) in [6.45, 7) is 3.12. The topological polar surface area (TPSA) is 64.9 Å². The van der Waals surface area contributed by atoms with Gasteiger partial charge in [0.2, 0.25) is 0 Å². The Kier molecular flexibility index (Phi) is 5.39. The first-order valence-electron chi connectivity index (χ1n) is 9.92. The molecule has 6 nitrogen and oxygen atoms in total. The maximum atomic E-state index is 5.28. The Hall–Kier alpha value is -2.73. The summed E-state index contributed by atoms with van der Waals surface area (Å²) in [4.78, 5) is 0.